The average molecular weight is 326 g/mol. The van der Waals surface area contributed by atoms with Gasteiger partial charge < -0.3 is 4.74 Å². The minimum atomic E-state index is -3.00. The zero-order valence-corrected chi connectivity index (χ0v) is 13.3. The van der Waals surface area contributed by atoms with E-state index in [1.54, 1.807) is 16.7 Å². The molecule has 4 rings (SSSR count). The van der Waals surface area contributed by atoms with Crippen molar-refractivity contribution in [3.63, 3.8) is 0 Å². The van der Waals surface area contributed by atoms with Crippen LogP contribution in [0.25, 0.3) is 0 Å². The summed E-state index contributed by atoms with van der Waals surface area (Å²) >= 11 is 1.86. The standard InChI is InChI=1S/C14H18N2O3S2/c17-21(18,13-3-4-13)16-9-14(10-16)6-12(8-20-14)19-11-2-1-5-15-7-11/h1-2,5,7,12-13H,3-4,6,8-10H2/t12-/m0/s1. The van der Waals surface area contributed by atoms with Crippen LogP contribution in [0.3, 0.4) is 0 Å². The summed E-state index contributed by atoms with van der Waals surface area (Å²) in [4.78, 5) is 4.05. The fourth-order valence-corrected chi connectivity index (χ4v) is 6.76. The van der Waals surface area contributed by atoms with Crippen molar-refractivity contribution in [3.05, 3.63) is 24.5 Å². The van der Waals surface area contributed by atoms with Gasteiger partial charge in [0.1, 0.15) is 11.9 Å². The second-order valence-corrected chi connectivity index (χ2v) is 9.84. The van der Waals surface area contributed by atoms with E-state index in [9.17, 15) is 8.42 Å². The van der Waals surface area contributed by atoms with Gasteiger partial charge in [0, 0.05) is 36.2 Å². The van der Waals surface area contributed by atoms with E-state index in [1.165, 1.54) is 0 Å². The maximum atomic E-state index is 12.2. The highest BCUT2D eigenvalue weighted by Gasteiger charge is 2.55. The number of thioether (sulfide) groups is 1. The summed E-state index contributed by atoms with van der Waals surface area (Å²) in [5, 5.41) is -0.0938. The summed E-state index contributed by atoms with van der Waals surface area (Å²) < 4.78 is 32.0. The zero-order chi connectivity index (χ0) is 14.5. The van der Waals surface area contributed by atoms with Crippen LogP contribution in [0.4, 0.5) is 0 Å². The number of nitrogens with zero attached hydrogens (tertiary/aromatic N) is 2. The molecule has 0 amide bonds. The Bertz CT molecular complexity index is 625. The lowest BCUT2D eigenvalue weighted by Gasteiger charge is -2.46. The Morgan fingerprint density at radius 3 is 2.86 bits per heavy atom. The maximum absolute atomic E-state index is 12.2. The van der Waals surface area contributed by atoms with Gasteiger partial charge in [-0.05, 0) is 25.0 Å². The number of ether oxygens (including phenoxy) is 1. The van der Waals surface area contributed by atoms with E-state index in [0.717, 1.165) is 30.8 Å². The number of hydrogen-bond donors (Lipinski definition) is 0. The number of sulfonamides is 1. The summed E-state index contributed by atoms with van der Waals surface area (Å²) in [6.45, 7) is 1.31. The molecule has 3 fully saturated rings. The predicted octanol–water partition coefficient (Wildman–Crippen LogP) is 1.51. The van der Waals surface area contributed by atoms with Gasteiger partial charge in [0.2, 0.25) is 10.0 Å². The van der Waals surface area contributed by atoms with Crippen molar-refractivity contribution in [3.8, 4) is 5.75 Å². The second kappa shape index (κ2) is 4.86. The predicted molar refractivity (Wildman–Crippen MR) is 82.0 cm³/mol. The van der Waals surface area contributed by atoms with Crippen LogP contribution in [0.15, 0.2) is 24.5 Å². The van der Waals surface area contributed by atoms with Gasteiger partial charge in [-0.15, -0.1) is 11.8 Å². The first-order valence-corrected chi connectivity index (χ1v) is 9.76. The van der Waals surface area contributed by atoms with Crippen molar-refractivity contribution in [1.29, 1.82) is 0 Å². The topological polar surface area (TPSA) is 59.5 Å². The minimum Gasteiger partial charge on any atom is -0.488 e. The van der Waals surface area contributed by atoms with E-state index in [1.807, 2.05) is 23.9 Å². The highest BCUT2D eigenvalue weighted by Crippen LogP contribution is 2.48. The van der Waals surface area contributed by atoms with E-state index in [4.69, 9.17) is 4.74 Å². The summed E-state index contributed by atoms with van der Waals surface area (Å²) in [5.41, 5.74) is 0. The third kappa shape index (κ3) is 2.55. The first kappa shape index (κ1) is 13.8. The van der Waals surface area contributed by atoms with Crippen LogP contribution >= 0.6 is 11.8 Å². The Morgan fingerprint density at radius 1 is 1.38 bits per heavy atom. The average Bonchev–Trinajstić information content (AvgIpc) is 3.20. The number of aromatic nitrogens is 1. The van der Waals surface area contributed by atoms with Gasteiger partial charge in [0.15, 0.2) is 0 Å². The summed E-state index contributed by atoms with van der Waals surface area (Å²) in [6.07, 6.45) is 6.20. The summed E-state index contributed by atoms with van der Waals surface area (Å²) in [5.74, 6) is 1.72. The van der Waals surface area contributed by atoms with Crippen molar-refractivity contribution in [2.75, 3.05) is 18.8 Å². The van der Waals surface area contributed by atoms with Gasteiger partial charge >= 0.3 is 0 Å². The van der Waals surface area contributed by atoms with Crippen molar-refractivity contribution in [2.24, 2.45) is 0 Å². The quantitative estimate of drug-likeness (QED) is 0.839. The Morgan fingerprint density at radius 2 is 2.19 bits per heavy atom. The number of rotatable bonds is 4. The van der Waals surface area contributed by atoms with E-state index in [2.05, 4.69) is 4.98 Å². The summed E-state index contributed by atoms with van der Waals surface area (Å²) in [7, 11) is -3.00. The SMILES string of the molecule is O=S(=O)(C1CC1)N1CC2(C[C@H](Oc3cccnc3)CS2)C1. The Labute approximate surface area is 129 Å². The molecule has 1 aliphatic carbocycles. The largest absolute Gasteiger partial charge is 0.488 e. The van der Waals surface area contributed by atoms with Gasteiger partial charge in [-0.25, -0.2) is 8.42 Å². The molecule has 2 saturated heterocycles. The van der Waals surface area contributed by atoms with E-state index >= 15 is 0 Å². The van der Waals surface area contributed by atoms with Crippen LogP contribution in [0.1, 0.15) is 19.3 Å². The van der Waals surface area contributed by atoms with Crippen LogP contribution in [-0.2, 0) is 10.0 Å². The smallest absolute Gasteiger partial charge is 0.217 e. The van der Waals surface area contributed by atoms with Crippen molar-refractivity contribution in [2.45, 2.75) is 35.4 Å². The molecule has 1 aromatic rings. The van der Waals surface area contributed by atoms with E-state index in [0.29, 0.717) is 13.1 Å². The molecule has 1 atom stereocenters. The monoisotopic (exact) mass is 326 g/mol. The maximum Gasteiger partial charge on any atom is 0.217 e. The lowest BCUT2D eigenvalue weighted by Crippen LogP contribution is -2.61. The van der Waals surface area contributed by atoms with Crippen LogP contribution in [-0.4, -0.2) is 52.7 Å². The zero-order valence-electron chi connectivity index (χ0n) is 11.6. The number of hydrogen-bond acceptors (Lipinski definition) is 5. The molecular weight excluding hydrogens is 308 g/mol. The molecule has 0 N–H and O–H groups in total. The Hall–Kier alpha value is -0.790. The van der Waals surface area contributed by atoms with E-state index in [-0.39, 0.29) is 16.1 Å². The minimum absolute atomic E-state index is 0.0782. The Balaban J connectivity index is 1.35. The molecule has 0 bridgehead atoms. The van der Waals surface area contributed by atoms with Gasteiger partial charge in [0.05, 0.1) is 11.4 Å². The van der Waals surface area contributed by atoms with Gasteiger partial charge in [0.25, 0.3) is 0 Å². The van der Waals surface area contributed by atoms with Crippen LogP contribution < -0.4 is 4.74 Å². The molecule has 1 spiro atoms. The molecular formula is C14H18N2O3S2. The highest BCUT2D eigenvalue weighted by atomic mass is 32.2. The van der Waals surface area contributed by atoms with Gasteiger partial charge in [-0.1, -0.05) is 0 Å². The van der Waals surface area contributed by atoms with Crippen molar-refractivity contribution < 1.29 is 13.2 Å². The molecule has 0 aromatic carbocycles. The molecule has 2 aliphatic heterocycles. The van der Waals surface area contributed by atoms with Crippen molar-refractivity contribution in [1.82, 2.24) is 9.29 Å². The molecule has 0 unspecified atom stereocenters. The molecule has 5 nitrogen and oxygen atoms in total. The fraction of sp³-hybridized carbons (Fsp3) is 0.643. The fourth-order valence-electron chi connectivity index (χ4n) is 3.06. The first-order chi connectivity index (χ1) is 10.1. The molecule has 3 heterocycles. The van der Waals surface area contributed by atoms with Gasteiger partial charge in [-0.2, -0.15) is 4.31 Å². The van der Waals surface area contributed by atoms with Gasteiger partial charge in [-0.3, -0.25) is 4.98 Å². The lowest BCUT2D eigenvalue weighted by molar-refractivity contribution is 0.159. The van der Waals surface area contributed by atoms with E-state index < -0.39 is 10.0 Å². The third-order valence-electron chi connectivity index (χ3n) is 4.35. The molecule has 0 radical (unpaired) electrons. The highest BCUT2D eigenvalue weighted by molar-refractivity contribution is 8.01. The van der Waals surface area contributed by atoms with Crippen LogP contribution in [0.5, 0.6) is 5.75 Å². The molecule has 3 aliphatic rings. The molecule has 21 heavy (non-hydrogen) atoms. The molecule has 1 aromatic heterocycles. The number of pyridine rings is 1. The first-order valence-electron chi connectivity index (χ1n) is 7.27. The molecule has 114 valence electrons. The second-order valence-electron chi connectivity index (χ2n) is 6.14. The van der Waals surface area contributed by atoms with Crippen LogP contribution in [0, 0.1) is 0 Å². The lowest BCUT2D eigenvalue weighted by atomic mass is 9.95. The molecule has 1 saturated carbocycles. The van der Waals surface area contributed by atoms with Crippen LogP contribution in [0.2, 0.25) is 0 Å². The molecule has 7 heteroatoms. The summed E-state index contributed by atoms with van der Waals surface area (Å²) in [6, 6.07) is 3.77. The van der Waals surface area contributed by atoms with Crippen molar-refractivity contribution >= 4 is 21.8 Å². The third-order valence-corrected chi connectivity index (χ3v) is 8.21. The normalized spacial score (nSPS) is 28.5. The Kier molecular flexibility index (Phi) is 3.20.